The highest BCUT2D eigenvalue weighted by Crippen LogP contribution is 2.35. The van der Waals surface area contributed by atoms with Crippen LogP contribution in [0, 0.1) is 0 Å². The lowest BCUT2D eigenvalue weighted by atomic mass is 10.1. The molecule has 0 amide bonds. The van der Waals surface area contributed by atoms with Gasteiger partial charge in [0.25, 0.3) is 0 Å². The third-order valence-electron chi connectivity index (χ3n) is 3.64. The van der Waals surface area contributed by atoms with Crippen LogP contribution in [0.3, 0.4) is 0 Å². The van der Waals surface area contributed by atoms with Crippen molar-refractivity contribution in [3.8, 4) is 0 Å². The maximum atomic E-state index is 10.6. The number of nitrogens with zero attached hydrogens (tertiary/aromatic N) is 4. The van der Waals surface area contributed by atoms with Crippen LogP contribution in [0.15, 0.2) is 12.7 Å². The van der Waals surface area contributed by atoms with E-state index in [9.17, 15) is 19.5 Å². The van der Waals surface area contributed by atoms with Crippen molar-refractivity contribution in [2.24, 2.45) is 0 Å². The van der Waals surface area contributed by atoms with E-state index in [1.54, 1.807) is 0 Å². The lowest BCUT2D eigenvalue weighted by Gasteiger charge is -2.30. The number of nitrogens with two attached hydrogens (primary N) is 1. The zero-order valence-corrected chi connectivity index (χ0v) is 13.3. The van der Waals surface area contributed by atoms with E-state index in [1.165, 1.54) is 24.3 Å². The van der Waals surface area contributed by atoms with Gasteiger partial charge in [0.15, 0.2) is 17.7 Å². The number of aliphatic hydroxyl groups excluding tert-OH is 1. The van der Waals surface area contributed by atoms with Gasteiger partial charge in [-0.05, 0) is 0 Å². The molecule has 0 radical (unpaired) electrons. The van der Waals surface area contributed by atoms with Gasteiger partial charge in [0.2, 0.25) is 0 Å². The summed E-state index contributed by atoms with van der Waals surface area (Å²) >= 11 is 0. The maximum Gasteiger partial charge on any atom is 0.167 e. The lowest BCUT2D eigenvalue weighted by Crippen LogP contribution is -2.35. The average molecular weight is 359 g/mol. The molecule has 1 fully saturated rings. The van der Waals surface area contributed by atoms with Crippen LogP contribution in [-0.4, -0.2) is 56.7 Å². The van der Waals surface area contributed by atoms with E-state index in [1.807, 2.05) is 0 Å². The van der Waals surface area contributed by atoms with Crippen molar-refractivity contribution < 1.29 is 33.5 Å². The number of aliphatic hydroxyl groups is 1. The van der Waals surface area contributed by atoms with Crippen LogP contribution in [0.4, 0.5) is 5.82 Å². The third kappa shape index (κ3) is 3.13. The Balaban J connectivity index is 1.89. The third-order valence-corrected chi connectivity index (χ3v) is 4.11. The minimum absolute atomic E-state index is 0.171. The average Bonchev–Trinajstić information content (AvgIpc) is 3.06. The summed E-state index contributed by atoms with van der Waals surface area (Å²) in [5.41, 5.74) is 6.41. The smallest absolute Gasteiger partial charge is 0.167 e. The molecule has 0 aromatic carbocycles. The molecule has 0 saturated carbocycles. The van der Waals surface area contributed by atoms with E-state index in [2.05, 4.69) is 19.5 Å². The van der Waals surface area contributed by atoms with E-state index in [4.69, 9.17) is 15.2 Å². The normalized spacial score (nSPS) is 27.8. The lowest BCUT2D eigenvalue weighted by molar-refractivity contribution is -0.343. The first-order valence-corrected chi connectivity index (χ1v) is 8.24. The molecule has 1 saturated heterocycles. The zero-order valence-electron chi connectivity index (χ0n) is 12.4. The Labute approximate surface area is 135 Å². The molecule has 13 heteroatoms. The number of fused-ring (bicyclic) bond motifs is 1. The molecule has 24 heavy (non-hydrogen) atoms. The SMILES string of the molecule is COC1C(O)C(COP(=O)([O-])[O-])OC1n1cnc2c(N)ncnc21. The molecule has 3 heterocycles. The fourth-order valence-corrected chi connectivity index (χ4v) is 2.89. The first kappa shape index (κ1) is 17.2. The number of methoxy groups -OCH3 is 1. The van der Waals surface area contributed by atoms with E-state index in [-0.39, 0.29) is 5.82 Å². The molecule has 0 aliphatic carbocycles. The Morgan fingerprint density at radius 2 is 2.21 bits per heavy atom. The summed E-state index contributed by atoms with van der Waals surface area (Å²) < 4.78 is 27.1. The molecule has 132 valence electrons. The van der Waals surface area contributed by atoms with Crippen LogP contribution < -0.4 is 15.5 Å². The number of anilines is 1. The summed E-state index contributed by atoms with van der Waals surface area (Å²) in [5.74, 6) is 0.171. The Morgan fingerprint density at radius 1 is 1.46 bits per heavy atom. The predicted molar refractivity (Wildman–Crippen MR) is 74.0 cm³/mol. The van der Waals surface area contributed by atoms with Gasteiger partial charge in [0.05, 0.1) is 20.8 Å². The molecule has 0 spiro atoms. The number of nitrogen functional groups attached to an aromatic ring is 1. The first-order chi connectivity index (χ1) is 11.3. The molecule has 1 aliphatic rings. The summed E-state index contributed by atoms with van der Waals surface area (Å²) in [4.78, 5) is 33.2. The van der Waals surface area contributed by atoms with Gasteiger partial charge >= 0.3 is 0 Å². The van der Waals surface area contributed by atoms with Crippen molar-refractivity contribution in [2.45, 2.75) is 24.5 Å². The van der Waals surface area contributed by atoms with Crippen molar-refractivity contribution >= 4 is 24.8 Å². The monoisotopic (exact) mass is 359 g/mol. The largest absolute Gasteiger partial charge is 0.790 e. The number of rotatable bonds is 5. The van der Waals surface area contributed by atoms with Crippen LogP contribution >= 0.6 is 7.82 Å². The van der Waals surface area contributed by atoms with E-state index in [0.29, 0.717) is 11.2 Å². The fraction of sp³-hybridized carbons (Fsp3) is 0.545. The van der Waals surface area contributed by atoms with Crippen LogP contribution in [0.2, 0.25) is 0 Å². The number of imidazole rings is 1. The second-order valence-electron chi connectivity index (χ2n) is 5.08. The van der Waals surface area contributed by atoms with Crippen LogP contribution in [0.1, 0.15) is 6.23 Å². The van der Waals surface area contributed by atoms with Gasteiger partial charge in [0, 0.05) is 7.11 Å². The van der Waals surface area contributed by atoms with Gasteiger partial charge in [-0.25, -0.2) is 15.0 Å². The topological polar surface area (TPSA) is 181 Å². The van der Waals surface area contributed by atoms with Crippen molar-refractivity contribution in [1.29, 1.82) is 0 Å². The standard InChI is InChI=1S/C11H16N5O7P/c1-21-8-7(17)5(2-22-24(18,19)20)23-11(8)16-4-15-6-9(12)13-3-14-10(6)16/h3-5,7-8,11,17H,2H2,1H3,(H2,12,13,14)(H2,18,19,20)/p-2. The molecular formula is C11H14N5O7P-2. The van der Waals surface area contributed by atoms with Crippen LogP contribution in [0.25, 0.3) is 11.2 Å². The molecule has 12 nitrogen and oxygen atoms in total. The number of hydrogen-bond donors (Lipinski definition) is 2. The number of phosphoric acid groups is 1. The van der Waals surface area contributed by atoms with E-state index >= 15 is 0 Å². The Morgan fingerprint density at radius 3 is 2.88 bits per heavy atom. The molecule has 4 atom stereocenters. The van der Waals surface area contributed by atoms with Crippen LogP contribution in [-0.2, 0) is 18.6 Å². The van der Waals surface area contributed by atoms with Gasteiger partial charge in [-0.15, -0.1) is 0 Å². The quantitative estimate of drug-likeness (QED) is 0.540. The van der Waals surface area contributed by atoms with Crippen molar-refractivity contribution in [3.05, 3.63) is 12.7 Å². The summed E-state index contributed by atoms with van der Waals surface area (Å²) in [6, 6.07) is 0. The van der Waals surface area contributed by atoms with E-state index in [0.717, 1.165) is 0 Å². The minimum Gasteiger partial charge on any atom is -0.790 e. The number of ether oxygens (including phenoxy) is 2. The summed E-state index contributed by atoms with van der Waals surface area (Å²) in [7, 11) is -3.84. The Kier molecular flexibility index (Phi) is 4.53. The molecular weight excluding hydrogens is 345 g/mol. The molecule has 4 unspecified atom stereocenters. The number of hydrogen-bond acceptors (Lipinski definition) is 11. The van der Waals surface area contributed by atoms with Gasteiger partial charge in [-0.1, -0.05) is 0 Å². The van der Waals surface area contributed by atoms with Gasteiger partial charge in [-0.2, -0.15) is 0 Å². The number of aromatic nitrogens is 4. The highest BCUT2D eigenvalue weighted by molar-refractivity contribution is 7.43. The van der Waals surface area contributed by atoms with Crippen molar-refractivity contribution in [1.82, 2.24) is 19.5 Å². The molecule has 0 bridgehead atoms. The molecule has 2 aromatic heterocycles. The second-order valence-corrected chi connectivity index (χ2v) is 6.23. The summed E-state index contributed by atoms with van der Waals surface area (Å²) in [6.07, 6.45) is -1.44. The van der Waals surface area contributed by atoms with Gasteiger partial charge in [-0.3, -0.25) is 4.57 Å². The summed E-state index contributed by atoms with van der Waals surface area (Å²) in [6.45, 7) is -0.633. The van der Waals surface area contributed by atoms with Crippen molar-refractivity contribution in [2.75, 3.05) is 19.5 Å². The fourth-order valence-electron chi connectivity index (χ4n) is 2.56. The predicted octanol–water partition coefficient (Wildman–Crippen LogP) is -2.47. The minimum atomic E-state index is -5.19. The van der Waals surface area contributed by atoms with Crippen LogP contribution in [0.5, 0.6) is 0 Å². The highest BCUT2D eigenvalue weighted by atomic mass is 31.2. The second kappa shape index (κ2) is 6.33. The van der Waals surface area contributed by atoms with Crippen molar-refractivity contribution in [3.63, 3.8) is 0 Å². The highest BCUT2D eigenvalue weighted by Gasteiger charge is 2.45. The Hall–Kier alpha value is -1.66. The van der Waals surface area contributed by atoms with Gasteiger partial charge < -0.3 is 39.2 Å². The van der Waals surface area contributed by atoms with Gasteiger partial charge in [0.1, 0.15) is 30.2 Å². The maximum absolute atomic E-state index is 10.6. The van der Waals surface area contributed by atoms with E-state index < -0.39 is 39.0 Å². The molecule has 3 rings (SSSR count). The summed E-state index contributed by atoms with van der Waals surface area (Å²) in [5, 5.41) is 10.2. The molecule has 2 aromatic rings. The Bertz CT molecular complexity index is 779. The zero-order chi connectivity index (χ0) is 17.5. The first-order valence-electron chi connectivity index (χ1n) is 6.77. The molecule has 1 aliphatic heterocycles. The number of phosphoric ester groups is 1. The molecule has 3 N–H and O–H groups in total.